The Balaban J connectivity index is 1.94. The molecule has 4 rings (SSSR count). The second-order valence-electron chi connectivity index (χ2n) is 8.10. The summed E-state index contributed by atoms with van der Waals surface area (Å²) in [6.45, 7) is 1.61. The van der Waals surface area contributed by atoms with Crippen molar-refractivity contribution < 1.29 is 48.2 Å². The summed E-state index contributed by atoms with van der Waals surface area (Å²) in [5.41, 5.74) is -0.175. The Morgan fingerprint density at radius 3 is 2.29 bits per heavy atom. The van der Waals surface area contributed by atoms with E-state index in [-0.39, 0.29) is 45.3 Å². The smallest absolute Gasteiger partial charge is 0.338 e. The fraction of sp³-hybridized carbons (Fsp3) is 0.417. The highest BCUT2D eigenvalue weighted by atomic mass is 16.7. The minimum absolute atomic E-state index is 0.00741. The summed E-state index contributed by atoms with van der Waals surface area (Å²) in [6, 6.07) is 4.26. The van der Waals surface area contributed by atoms with Gasteiger partial charge in [0.15, 0.2) is 0 Å². The Labute approximate surface area is 195 Å². The average molecular weight is 474 g/mol. The number of hydrogen-bond donors (Lipinski definition) is 2. The third-order valence-electron chi connectivity index (χ3n) is 6.20. The highest BCUT2D eigenvalue weighted by Crippen LogP contribution is 2.53. The highest BCUT2D eigenvalue weighted by Gasteiger charge is 2.49. The van der Waals surface area contributed by atoms with E-state index in [2.05, 4.69) is 0 Å². The average Bonchev–Trinajstić information content (AvgIpc) is 2.83. The molecular weight excluding hydrogens is 448 g/mol. The van der Waals surface area contributed by atoms with Crippen molar-refractivity contribution >= 4 is 11.8 Å². The van der Waals surface area contributed by atoms with Crippen LogP contribution in [0.3, 0.4) is 0 Å². The molecule has 182 valence electrons. The molecule has 0 spiro atoms. The number of esters is 1. The molecule has 0 radical (unpaired) electrons. The largest absolute Gasteiger partial charge is 0.506 e. The number of ketones is 1. The normalized spacial score (nSPS) is 22.8. The van der Waals surface area contributed by atoms with E-state index >= 15 is 0 Å². The van der Waals surface area contributed by atoms with Gasteiger partial charge in [-0.2, -0.15) is 0 Å². The van der Waals surface area contributed by atoms with Gasteiger partial charge in [0.1, 0.15) is 40.4 Å². The standard InChI is InChI=1S/C24H26O10/c1-24-17(25)7-6-13(33-24)19-16(34-24)10-15(31-4)20(22(19)27)21(26)18-12(23(28)32-5)8-11(29-2)9-14(18)30-3/h8-10,13,17,25,27H,6-7H2,1-5H3. The van der Waals surface area contributed by atoms with Crippen LogP contribution < -0.4 is 18.9 Å². The monoisotopic (exact) mass is 474 g/mol. The molecule has 2 aliphatic rings. The van der Waals surface area contributed by atoms with Crippen LogP contribution in [-0.2, 0) is 9.47 Å². The van der Waals surface area contributed by atoms with Crippen molar-refractivity contribution in [2.24, 2.45) is 0 Å². The summed E-state index contributed by atoms with van der Waals surface area (Å²) in [4.78, 5) is 26.4. The first kappa shape index (κ1) is 23.7. The fourth-order valence-corrected chi connectivity index (χ4v) is 4.42. The van der Waals surface area contributed by atoms with Gasteiger partial charge in [-0.25, -0.2) is 4.79 Å². The van der Waals surface area contributed by atoms with Crippen LogP contribution in [0.4, 0.5) is 0 Å². The van der Waals surface area contributed by atoms with Crippen molar-refractivity contribution in [2.75, 3.05) is 28.4 Å². The van der Waals surface area contributed by atoms with Crippen LogP contribution in [0.15, 0.2) is 18.2 Å². The summed E-state index contributed by atoms with van der Waals surface area (Å²) in [6.07, 6.45) is -0.696. The summed E-state index contributed by atoms with van der Waals surface area (Å²) < 4.78 is 32.6. The summed E-state index contributed by atoms with van der Waals surface area (Å²) in [5, 5.41) is 21.6. The second kappa shape index (κ2) is 8.69. The Morgan fingerprint density at radius 1 is 1.00 bits per heavy atom. The van der Waals surface area contributed by atoms with Crippen molar-refractivity contribution in [3.63, 3.8) is 0 Å². The van der Waals surface area contributed by atoms with E-state index in [0.717, 1.165) is 0 Å². The maximum Gasteiger partial charge on any atom is 0.338 e. The molecule has 10 nitrogen and oxygen atoms in total. The van der Waals surface area contributed by atoms with Crippen LogP contribution in [0, 0.1) is 0 Å². The van der Waals surface area contributed by atoms with Gasteiger partial charge in [0.2, 0.25) is 11.6 Å². The fourth-order valence-electron chi connectivity index (χ4n) is 4.42. The van der Waals surface area contributed by atoms with Gasteiger partial charge in [0, 0.05) is 19.1 Å². The first-order chi connectivity index (χ1) is 16.2. The summed E-state index contributed by atoms with van der Waals surface area (Å²) in [7, 11) is 5.26. The maximum atomic E-state index is 13.9. The molecule has 2 aliphatic heterocycles. The van der Waals surface area contributed by atoms with Crippen molar-refractivity contribution in [2.45, 2.75) is 37.8 Å². The molecule has 0 aliphatic carbocycles. The molecule has 0 aromatic heterocycles. The molecule has 3 atom stereocenters. The highest BCUT2D eigenvalue weighted by molar-refractivity contribution is 6.19. The number of ether oxygens (including phenoxy) is 6. The van der Waals surface area contributed by atoms with Crippen LogP contribution in [-0.4, -0.2) is 62.3 Å². The number of carbonyl (C=O) groups is 2. The van der Waals surface area contributed by atoms with Gasteiger partial charge in [0.05, 0.1) is 51.2 Å². The van der Waals surface area contributed by atoms with E-state index in [0.29, 0.717) is 12.8 Å². The van der Waals surface area contributed by atoms with E-state index < -0.39 is 35.5 Å². The predicted octanol–water partition coefficient (Wildman–Crippen LogP) is 2.76. The molecule has 2 bridgehead atoms. The van der Waals surface area contributed by atoms with Gasteiger partial charge in [-0.05, 0) is 18.9 Å². The lowest BCUT2D eigenvalue weighted by atomic mass is 9.88. The summed E-state index contributed by atoms with van der Waals surface area (Å²) >= 11 is 0. The third-order valence-corrected chi connectivity index (χ3v) is 6.20. The number of rotatable bonds is 6. The number of phenols is 1. The minimum atomic E-state index is -1.30. The second-order valence-corrected chi connectivity index (χ2v) is 8.10. The zero-order valence-corrected chi connectivity index (χ0v) is 19.5. The third kappa shape index (κ3) is 3.59. The molecule has 2 heterocycles. The Kier molecular flexibility index (Phi) is 6.05. The zero-order chi connectivity index (χ0) is 24.8. The number of carbonyl (C=O) groups excluding carboxylic acids is 2. The Bertz CT molecular complexity index is 1160. The van der Waals surface area contributed by atoms with Gasteiger partial charge in [-0.15, -0.1) is 0 Å². The number of fused-ring (bicyclic) bond motifs is 4. The summed E-state index contributed by atoms with van der Waals surface area (Å²) in [5.74, 6) is -2.66. The predicted molar refractivity (Wildman–Crippen MR) is 117 cm³/mol. The molecule has 1 saturated heterocycles. The molecule has 34 heavy (non-hydrogen) atoms. The van der Waals surface area contributed by atoms with Gasteiger partial charge >= 0.3 is 5.97 Å². The number of aliphatic hydroxyl groups is 1. The van der Waals surface area contributed by atoms with Crippen LogP contribution in [0.1, 0.15) is 57.7 Å². The van der Waals surface area contributed by atoms with Crippen molar-refractivity contribution in [3.8, 4) is 28.7 Å². The molecular formula is C24H26O10. The number of aromatic hydroxyl groups is 1. The maximum absolute atomic E-state index is 13.9. The Hall–Kier alpha value is -3.50. The lowest BCUT2D eigenvalue weighted by Crippen LogP contribution is -2.53. The minimum Gasteiger partial charge on any atom is -0.506 e. The molecule has 2 N–H and O–H groups in total. The van der Waals surface area contributed by atoms with E-state index in [4.69, 9.17) is 28.4 Å². The molecule has 3 unspecified atom stereocenters. The molecule has 0 saturated carbocycles. The quantitative estimate of drug-likeness (QED) is 0.476. The van der Waals surface area contributed by atoms with Crippen molar-refractivity contribution in [1.29, 1.82) is 0 Å². The molecule has 2 aromatic carbocycles. The van der Waals surface area contributed by atoms with E-state index in [1.54, 1.807) is 6.92 Å². The first-order valence-electron chi connectivity index (χ1n) is 10.6. The van der Waals surface area contributed by atoms with Gasteiger partial charge < -0.3 is 38.6 Å². The lowest BCUT2D eigenvalue weighted by Gasteiger charge is -2.46. The topological polar surface area (TPSA) is 130 Å². The van der Waals surface area contributed by atoms with Gasteiger partial charge in [-0.1, -0.05) is 0 Å². The lowest BCUT2D eigenvalue weighted by molar-refractivity contribution is -0.289. The van der Waals surface area contributed by atoms with Crippen molar-refractivity contribution in [1.82, 2.24) is 0 Å². The van der Waals surface area contributed by atoms with Gasteiger partial charge in [0.25, 0.3) is 0 Å². The Morgan fingerprint density at radius 2 is 1.68 bits per heavy atom. The molecule has 0 amide bonds. The number of hydrogen-bond acceptors (Lipinski definition) is 10. The molecule has 2 aromatic rings. The van der Waals surface area contributed by atoms with Crippen LogP contribution >= 0.6 is 0 Å². The zero-order valence-electron chi connectivity index (χ0n) is 19.5. The SMILES string of the molecule is COC(=O)c1cc(OC)cc(OC)c1C(=O)c1c(OC)cc2c(c1O)C1CCC(O)C(C)(O2)O1. The van der Waals surface area contributed by atoms with Gasteiger partial charge in [-0.3, -0.25) is 4.79 Å². The van der Waals surface area contributed by atoms with E-state index in [1.165, 1.54) is 46.6 Å². The van der Waals surface area contributed by atoms with E-state index in [9.17, 15) is 19.8 Å². The molecule has 10 heteroatoms. The molecule has 1 fully saturated rings. The number of benzene rings is 2. The van der Waals surface area contributed by atoms with Crippen LogP contribution in [0.2, 0.25) is 0 Å². The first-order valence-corrected chi connectivity index (χ1v) is 10.6. The van der Waals surface area contributed by atoms with Crippen molar-refractivity contribution in [3.05, 3.63) is 40.5 Å². The van der Waals surface area contributed by atoms with Crippen LogP contribution in [0.5, 0.6) is 28.7 Å². The number of aliphatic hydroxyl groups excluding tert-OH is 1. The van der Waals surface area contributed by atoms with Crippen LogP contribution in [0.25, 0.3) is 0 Å². The number of methoxy groups -OCH3 is 4. The number of phenolic OH excluding ortho intramolecular Hbond substituents is 1. The van der Waals surface area contributed by atoms with E-state index in [1.807, 2.05) is 0 Å².